The molecule has 1 aliphatic heterocycles. The highest BCUT2D eigenvalue weighted by atomic mass is 19.1. The Morgan fingerprint density at radius 1 is 1.22 bits per heavy atom. The lowest BCUT2D eigenvalue weighted by Gasteiger charge is -2.28. The summed E-state index contributed by atoms with van der Waals surface area (Å²) < 4.78 is 14.2. The van der Waals surface area contributed by atoms with Gasteiger partial charge in [-0.1, -0.05) is 12.8 Å². The van der Waals surface area contributed by atoms with Gasteiger partial charge in [0.05, 0.1) is 17.8 Å². The van der Waals surface area contributed by atoms with E-state index < -0.39 is 11.6 Å². The third-order valence-electron chi connectivity index (χ3n) is 4.89. The second kappa shape index (κ2) is 6.74. The Kier molecular flexibility index (Phi) is 4.71. The first-order valence-corrected chi connectivity index (χ1v) is 8.36. The van der Waals surface area contributed by atoms with Gasteiger partial charge < -0.3 is 20.6 Å². The lowest BCUT2D eigenvalue weighted by molar-refractivity contribution is 0.167. The predicted molar refractivity (Wildman–Crippen MR) is 88.3 cm³/mol. The Labute approximate surface area is 135 Å². The topological polar surface area (TPSA) is 64.6 Å². The van der Waals surface area contributed by atoms with E-state index in [1.165, 1.54) is 6.07 Å². The lowest BCUT2D eigenvalue weighted by Crippen LogP contribution is -2.50. The second-order valence-corrected chi connectivity index (χ2v) is 6.59. The van der Waals surface area contributed by atoms with E-state index in [0.717, 1.165) is 51.6 Å². The Hall–Kier alpha value is -1.82. The maximum atomic E-state index is 14.2. The number of urea groups is 1. The van der Waals surface area contributed by atoms with Crippen LogP contribution in [0, 0.1) is 5.82 Å². The summed E-state index contributed by atoms with van der Waals surface area (Å²) in [5.41, 5.74) is 0.489. The highest BCUT2D eigenvalue weighted by Crippen LogP contribution is 2.29. The summed E-state index contributed by atoms with van der Waals surface area (Å²) in [6.07, 6.45) is 5.73. The van der Waals surface area contributed by atoms with Gasteiger partial charge in [-0.2, -0.15) is 0 Å². The standard InChI is InChI=1S/C17H24FN3O2/c18-14-11-13(5-6-15(14)21-9-3-4-10-21)19-16(23)20-17(12-22)7-1-2-8-17/h5-6,11,22H,1-4,7-10,12H2,(H2,19,20,23). The molecule has 0 spiro atoms. The van der Waals surface area contributed by atoms with Crippen LogP contribution in [0.5, 0.6) is 0 Å². The molecule has 5 nitrogen and oxygen atoms in total. The van der Waals surface area contributed by atoms with Gasteiger partial charge >= 0.3 is 6.03 Å². The summed E-state index contributed by atoms with van der Waals surface area (Å²) in [6.45, 7) is 1.69. The van der Waals surface area contributed by atoms with Gasteiger partial charge in [0.2, 0.25) is 0 Å². The lowest BCUT2D eigenvalue weighted by atomic mass is 9.99. The maximum absolute atomic E-state index is 14.2. The fraction of sp³-hybridized carbons (Fsp3) is 0.588. The summed E-state index contributed by atoms with van der Waals surface area (Å²) >= 11 is 0. The number of rotatable bonds is 4. The number of hydrogen-bond donors (Lipinski definition) is 3. The Balaban J connectivity index is 1.63. The molecule has 1 saturated heterocycles. The van der Waals surface area contributed by atoms with Gasteiger partial charge in [-0.3, -0.25) is 0 Å². The smallest absolute Gasteiger partial charge is 0.319 e. The number of amides is 2. The Morgan fingerprint density at radius 3 is 2.52 bits per heavy atom. The fourth-order valence-corrected chi connectivity index (χ4v) is 3.58. The van der Waals surface area contributed by atoms with Crippen LogP contribution in [0.2, 0.25) is 0 Å². The molecule has 1 aliphatic carbocycles. The molecule has 2 amide bonds. The fourth-order valence-electron chi connectivity index (χ4n) is 3.58. The van der Waals surface area contributed by atoms with Gasteiger partial charge in [0.1, 0.15) is 5.82 Å². The van der Waals surface area contributed by atoms with Crippen LogP contribution in [-0.4, -0.2) is 36.4 Å². The van der Waals surface area contributed by atoms with E-state index in [1.807, 2.05) is 4.90 Å². The predicted octanol–water partition coefficient (Wildman–Crippen LogP) is 2.85. The minimum absolute atomic E-state index is 0.0668. The average molecular weight is 321 g/mol. The van der Waals surface area contributed by atoms with Crippen LogP contribution < -0.4 is 15.5 Å². The zero-order valence-electron chi connectivity index (χ0n) is 13.3. The molecular weight excluding hydrogens is 297 g/mol. The van der Waals surface area contributed by atoms with Gasteiger partial charge in [0.15, 0.2) is 0 Å². The minimum Gasteiger partial charge on any atom is -0.394 e. The first kappa shape index (κ1) is 16.1. The molecular formula is C17H24FN3O2. The molecule has 23 heavy (non-hydrogen) atoms. The number of nitrogens with one attached hydrogen (secondary N) is 2. The van der Waals surface area contributed by atoms with Crippen LogP contribution in [-0.2, 0) is 0 Å². The van der Waals surface area contributed by atoms with E-state index in [0.29, 0.717) is 11.4 Å². The van der Waals surface area contributed by atoms with Crippen molar-refractivity contribution in [2.75, 3.05) is 29.9 Å². The first-order valence-electron chi connectivity index (χ1n) is 8.36. The number of nitrogens with zero attached hydrogens (tertiary/aromatic N) is 1. The van der Waals surface area contributed by atoms with Gasteiger partial charge in [-0.15, -0.1) is 0 Å². The van der Waals surface area contributed by atoms with Crippen molar-refractivity contribution in [3.8, 4) is 0 Å². The van der Waals surface area contributed by atoms with Crippen LogP contribution in [0.4, 0.5) is 20.6 Å². The molecule has 126 valence electrons. The van der Waals surface area contributed by atoms with Gasteiger partial charge in [-0.25, -0.2) is 9.18 Å². The molecule has 0 unspecified atom stereocenters. The quantitative estimate of drug-likeness (QED) is 0.799. The number of halogens is 1. The molecule has 3 rings (SSSR count). The van der Waals surface area contributed by atoms with Crippen molar-refractivity contribution >= 4 is 17.4 Å². The van der Waals surface area contributed by atoms with Crippen LogP contribution >= 0.6 is 0 Å². The minimum atomic E-state index is -0.530. The Bertz CT molecular complexity index is 567. The summed E-state index contributed by atoms with van der Waals surface area (Å²) in [4.78, 5) is 14.1. The number of carbonyl (C=O) groups excluding carboxylic acids is 1. The molecule has 1 saturated carbocycles. The van der Waals surface area contributed by atoms with E-state index in [9.17, 15) is 14.3 Å². The summed E-state index contributed by atoms with van der Waals surface area (Å²) in [7, 11) is 0. The summed E-state index contributed by atoms with van der Waals surface area (Å²) in [5.74, 6) is -0.317. The van der Waals surface area contributed by atoms with E-state index in [-0.39, 0.29) is 12.4 Å². The molecule has 0 atom stereocenters. The number of aliphatic hydroxyl groups is 1. The highest BCUT2D eigenvalue weighted by Gasteiger charge is 2.34. The van der Waals surface area contributed by atoms with Gasteiger partial charge in [0.25, 0.3) is 0 Å². The third kappa shape index (κ3) is 3.58. The van der Waals surface area contributed by atoms with Crippen LogP contribution in [0.3, 0.4) is 0 Å². The maximum Gasteiger partial charge on any atom is 0.319 e. The van der Waals surface area contributed by atoms with Gasteiger partial charge in [-0.05, 0) is 43.9 Å². The SMILES string of the molecule is O=C(Nc1ccc(N2CCCC2)c(F)c1)NC1(CO)CCCC1. The van der Waals surface area contributed by atoms with Crippen molar-refractivity contribution in [1.29, 1.82) is 0 Å². The molecule has 2 fully saturated rings. The summed E-state index contributed by atoms with van der Waals surface area (Å²) in [5, 5.41) is 15.0. The second-order valence-electron chi connectivity index (χ2n) is 6.59. The van der Waals surface area contributed by atoms with Gasteiger partial charge in [0, 0.05) is 18.8 Å². The summed E-state index contributed by atoms with van der Waals surface area (Å²) in [6, 6.07) is 4.40. The van der Waals surface area contributed by atoms with E-state index >= 15 is 0 Å². The molecule has 0 bridgehead atoms. The number of carbonyl (C=O) groups is 1. The Morgan fingerprint density at radius 2 is 1.91 bits per heavy atom. The van der Waals surface area contributed by atoms with Crippen LogP contribution in [0.1, 0.15) is 38.5 Å². The van der Waals surface area contributed by atoms with Crippen molar-refractivity contribution in [3.05, 3.63) is 24.0 Å². The molecule has 3 N–H and O–H groups in total. The molecule has 1 aromatic rings. The van der Waals surface area contributed by atoms with E-state index in [1.54, 1.807) is 12.1 Å². The normalized spacial score (nSPS) is 19.8. The van der Waals surface area contributed by atoms with Crippen molar-refractivity contribution in [2.24, 2.45) is 0 Å². The van der Waals surface area contributed by atoms with Crippen LogP contribution in [0.25, 0.3) is 0 Å². The third-order valence-corrected chi connectivity index (χ3v) is 4.89. The molecule has 6 heteroatoms. The zero-order valence-corrected chi connectivity index (χ0v) is 13.3. The largest absolute Gasteiger partial charge is 0.394 e. The zero-order chi connectivity index (χ0) is 16.3. The number of benzene rings is 1. The number of aliphatic hydroxyl groups excluding tert-OH is 1. The molecule has 1 heterocycles. The van der Waals surface area contributed by atoms with Crippen molar-refractivity contribution in [3.63, 3.8) is 0 Å². The van der Waals surface area contributed by atoms with Crippen molar-refractivity contribution in [2.45, 2.75) is 44.1 Å². The molecule has 0 aromatic heterocycles. The van der Waals surface area contributed by atoms with Crippen molar-refractivity contribution < 1.29 is 14.3 Å². The average Bonchev–Trinajstić information content (AvgIpc) is 3.19. The number of anilines is 2. The monoisotopic (exact) mass is 321 g/mol. The van der Waals surface area contributed by atoms with E-state index in [2.05, 4.69) is 10.6 Å². The first-order chi connectivity index (χ1) is 11.1. The van der Waals surface area contributed by atoms with Crippen LogP contribution in [0.15, 0.2) is 18.2 Å². The number of hydrogen-bond acceptors (Lipinski definition) is 3. The molecule has 2 aliphatic rings. The van der Waals surface area contributed by atoms with Crippen molar-refractivity contribution in [1.82, 2.24) is 5.32 Å². The molecule has 0 radical (unpaired) electrons. The molecule has 1 aromatic carbocycles. The highest BCUT2D eigenvalue weighted by molar-refractivity contribution is 5.90. The van der Waals surface area contributed by atoms with E-state index in [4.69, 9.17) is 0 Å².